The van der Waals surface area contributed by atoms with Crippen molar-refractivity contribution in [1.29, 1.82) is 0 Å². The first-order valence-corrected chi connectivity index (χ1v) is 11.8. The predicted octanol–water partition coefficient (Wildman–Crippen LogP) is 2.47. The van der Waals surface area contributed by atoms with E-state index in [1.807, 2.05) is 0 Å². The molecule has 11 heteroatoms. The summed E-state index contributed by atoms with van der Waals surface area (Å²) in [7, 11) is 0. The Morgan fingerprint density at radius 1 is 1.34 bits per heavy atom. The van der Waals surface area contributed by atoms with E-state index in [2.05, 4.69) is 15.7 Å². The van der Waals surface area contributed by atoms with E-state index < -0.39 is 30.1 Å². The van der Waals surface area contributed by atoms with Crippen molar-refractivity contribution >= 4 is 11.8 Å². The van der Waals surface area contributed by atoms with Gasteiger partial charge >= 0.3 is 6.18 Å². The first-order valence-electron chi connectivity index (χ1n) is 11.8. The van der Waals surface area contributed by atoms with E-state index in [0.29, 0.717) is 37.4 Å². The second-order valence-electron chi connectivity index (χ2n) is 9.54. The smallest absolute Gasteiger partial charge is 0.422 e. The molecule has 1 atom stereocenters. The molecule has 1 aromatic carbocycles. The molecule has 1 spiro atoms. The molecule has 0 bridgehead atoms. The van der Waals surface area contributed by atoms with E-state index in [1.165, 1.54) is 6.07 Å². The quantitative estimate of drug-likeness (QED) is 0.525. The number of ether oxygens (including phenoxy) is 1. The van der Waals surface area contributed by atoms with Gasteiger partial charge in [-0.1, -0.05) is 18.9 Å². The molecule has 1 aromatic heterocycles. The van der Waals surface area contributed by atoms with Gasteiger partial charge in [-0.25, -0.2) is 0 Å². The minimum atomic E-state index is -4.42. The molecule has 2 aliphatic carbocycles. The number of aliphatic hydroxyl groups is 1. The van der Waals surface area contributed by atoms with E-state index >= 15 is 0 Å². The predicted molar refractivity (Wildman–Crippen MR) is 118 cm³/mol. The van der Waals surface area contributed by atoms with Gasteiger partial charge in [0.2, 0.25) is 0 Å². The highest BCUT2D eigenvalue weighted by Crippen LogP contribution is 2.44. The van der Waals surface area contributed by atoms with Crippen LogP contribution in [0.5, 0.6) is 5.75 Å². The Labute approximate surface area is 199 Å². The fourth-order valence-electron chi connectivity index (χ4n) is 5.14. The molecule has 1 saturated carbocycles. The maximum Gasteiger partial charge on any atom is 0.422 e. The maximum atomic E-state index is 13.4. The van der Waals surface area contributed by atoms with E-state index in [9.17, 15) is 22.8 Å². The second-order valence-corrected chi connectivity index (χ2v) is 9.54. The largest absolute Gasteiger partial charge is 0.484 e. The first-order chi connectivity index (χ1) is 16.7. The number of hydrogen-bond acceptors (Lipinski definition) is 5. The number of carbonyl (C=O) groups excluding carboxylic acids is 2. The van der Waals surface area contributed by atoms with Gasteiger partial charge in [0.25, 0.3) is 11.8 Å². The number of aliphatic hydroxyl groups excluding tert-OH is 1. The van der Waals surface area contributed by atoms with Crippen LogP contribution in [0.15, 0.2) is 18.2 Å². The topological polar surface area (TPSA) is 105 Å². The molecule has 0 radical (unpaired) electrons. The Kier molecular flexibility index (Phi) is 5.98. The summed E-state index contributed by atoms with van der Waals surface area (Å²) in [6.45, 7) is -0.989. The summed E-state index contributed by atoms with van der Waals surface area (Å²) in [5.74, 6) is -0.107. The van der Waals surface area contributed by atoms with Crippen LogP contribution in [0.4, 0.5) is 13.2 Å². The highest BCUT2D eigenvalue weighted by atomic mass is 19.4. The van der Waals surface area contributed by atoms with Crippen molar-refractivity contribution in [2.75, 3.05) is 19.8 Å². The summed E-state index contributed by atoms with van der Waals surface area (Å²) >= 11 is 0. The van der Waals surface area contributed by atoms with Crippen LogP contribution in [-0.2, 0) is 24.9 Å². The Hall–Kier alpha value is -3.08. The number of alkyl halides is 3. The number of hydrogen-bond donors (Lipinski definition) is 3. The number of rotatable bonds is 8. The Morgan fingerprint density at radius 2 is 2.14 bits per heavy atom. The van der Waals surface area contributed by atoms with E-state index in [-0.39, 0.29) is 30.2 Å². The summed E-state index contributed by atoms with van der Waals surface area (Å²) in [5, 5.41) is 19.5. The molecule has 8 nitrogen and oxygen atoms in total. The zero-order chi connectivity index (χ0) is 24.8. The standard InChI is InChI=1S/C24H27F3N4O4/c25-24(26,27)13-35-16-3-4-17-15(11-16)5-7-23(17)12-18-19(21(33)29-23)20(22(34)28-8-10-32)31(30-18)9-6-14-1-2-14/h3-4,11,14,32H,1-2,5-10,12-13H2,(H,28,34)(H,29,33)/t23-/m0/s1. The van der Waals surface area contributed by atoms with Gasteiger partial charge in [-0.3, -0.25) is 14.3 Å². The maximum absolute atomic E-state index is 13.4. The lowest BCUT2D eigenvalue weighted by molar-refractivity contribution is -0.153. The zero-order valence-corrected chi connectivity index (χ0v) is 19.1. The molecule has 1 fully saturated rings. The molecule has 188 valence electrons. The van der Waals surface area contributed by atoms with Crippen molar-refractivity contribution in [3.8, 4) is 5.75 Å². The van der Waals surface area contributed by atoms with Gasteiger partial charge in [0.05, 0.1) is 23.4 Å². The number of amides is 2. The minimum Gasteiger partial charge on any atom is -0.484 e. The van der Waals surface area contributed by atoms with Crippen molar-refractivity contribution in [2.24, 2.45) is 5.92 Å². The molecule has 35 heavy (non-hydrogen) atoms. The molecule has 3 N–H and O–H groups in total. The van der Waals surface area contributed by atoms with Crippen molar-refractivity contribution in [3.05, 3.63) is 46.3 Å². The number of benzene rings is 1. The molecular weight excluding hydrogens is 465 g/mol. The normalized spacial score (nSPS) is 21.0. The lowest BCUT2D eigenvalue weighted by Gasteiger charge is -2.35. The summed E-state index contributed by atoms with van der Waals surface area (Å²) in [4.78, 5) is 26.2. The van der Waals surface area contributed by atoms with Gasteiger partial charge in [-0.15, -0.1) is 0 Å². The van der Waals surface area contributed by atoms with Crippen LogP contribution in [0.3, 0.4) is 0 Å². The monoisotopic (exact) mass is 492 g/mol. The molecular formula is C24H27F3N4O4. The average Bonchev–Trinajstić information content (AvgIpc) is 3.48. The van der Waals surface area contributed by atoms with Crippen LogP contribution < -0.4 is 15.4 Å². The molecule has 1 aliphatic heterocycles. The molecule has 2 heterocycles. The number of nitrogens with zero attached hydrogens (tertiary/aromatic N) is 2. The van der Waals surface area contributed by atoms with Gasteiger partial charge in [-0.05, 0) is 48.4 Å². The average molecular weight is 492 g/mol. The van der Waals surface area contributed by atoms with Gasteiger partial charge in [0.1, 0.15) is 11.4 Å². The van der Waals surface area contributed by atoms with Crippen LogP contribution in [0.2, 0.25) is 0 Å². The first kappa shape index (κ1) is 23.7. The van der Waals surface area contributed by atoms with Gasteiger partial charge < -0.3 is 20.5 Å². The van der Waals surface area contributed by atoms with Crippen molar-refractivity contribution in [3.63, 3.8) is 0 Å². The third kappa shape index (κ3) is 4.73. The highest BCUT2D eigenvalue weighted by Gasteiger charge is 2.47. The van der Waals surface area contributed by atoms with Crippen LogP contribution in [0, 0.1) is 5.92 Å². The van der Waals surface area contributed by atoms with Gasteiger partial charge in [0, 0.05) is 19.5 Å². The highest BCUT2D eigenvalue weighted by molar-refractivity contribution is 6.08. The third-order valence-electron chi connectivity index (χ3n) is 6.95. The number of nitrogens with one attached hydrogen (secondary N) is 2. The van der Waals surface area contributed by atoms with Gasteiger partial charge in [-0.2, -0.15) is 18.3 Å². The lowest BCUT2D eigenvalue weighted by atomic mass is 9.82. The lowest BCUT2D eigenvalue weighted by Crippen LogP contribution is -2.50. The molecule has 5 rings (SSSR count). The fourth-order valence-corrected chi connectivity index (χ4v) is 5.14. The number of halogens is 3. The molecule has 2 aromatic rings. The van der Waals surface area contributed by atoms with E-state index in [1.54, 1.807) is 16.8 Å². The molecule has 3 aliphatic rings. The third-order valence-corrected chi connectivity index (χ3v) is 6.95. The second kappa shape index (κ2) is 8.85. The number of carbonyl (C=O) groups is 2. The Morgan fingerprint density at radius 3 is 2.86 bits per heavy atom. The minimum absolute atomic E-state index is 0.0685. The summed E-state index contributed by atoms with van der Waals surface area (Å²) < 4.78 is 44.1. The van der Waals surface area contributed by atoms with Crippen LogP contribution in [0.1, 0.15) is 63.4 Å². The van der Waals surface area contributed by atoms with E-state index in [4.69, 9.17) is 9.84 Å². The van der Waals surface area contributed by atoms with Crippen molar-refractivity contribution in [1.82, 2.24) is 20.4 Å². The van der Waals surface area contributed by atoms with Crippen LogP contribution in [0.25, 0.3) is 0 Å². The van der Waals surface area contributed by atoms with Crippen molar-refractivity contribution in [2.45, 2.75) is 56.8 Å². The zero-order valence-electron chi connectivity index (χ0n) is 19.1. The van der Waals surface area contributed by atoms with E-state index in [0.717, 1.165) is 30.4 Å². The SMILES string of the molecule is O=C1N[C@@]2(CCc3cc(OCC(F)(F)F)ccc32)Cc2nn(CCC3CC3)c(C(=O)NCCO)c21. The number of fused-ring (bicyclic) bond motifs is 3. The fraction of sp³-hybridized carbons (Fsp3) is 0.542. The summed E-state index contributed by atoms with van der Waals surface area (Å²) in [6, 6.07) is 4.79. The Balaban J connectivity index is 1.44. The van der Waals surface area contributed by atoms with Crippen LogP contribution in [-0.4, -0.2) is 52.6 Å². The molecule has 2 amide bonds. The Bertz CT molecular complexity index is 1160. The summed E-state index contributed by atoms with van der Waals surface area (Å²) in [5.41, 5.74) is 1.90. The number of aromatic nitrogens is 2. The molecule has 0 unspecified atom stereocenters. The number of aryl methyl sites for hydroxylation is 2. The summed E-state index contributed by atoms with van der Waals surface area (Å²) in [6.07, 6.45) is 0.271. The molecule has 0 saturated heterocycles. The van der Waals surface area contributed by atoms with Crippen LogP contribution >= 0.6 is 0 Å². The van der Waals surface area contributed by atoms with Crippen molar-refractivity contribution < 1.29 is 32.6 Å². The van der Waals surface area contributed by atoms with Gasteiger partial charge in [0.15, 0.2) is 6.61 Å².